The van der Waals surface area contributed by atoms with E-state index in [9.17, 15) is 4.79 Å². The first kappa shape index (κ1) is 18.8. The molecule has 0 aliphatic carbocycles. The molecule has 0 saturated heterocycles. The Hall–Kier alpha value is -3.52. The summed E-state index contributed by atoms with van der Waals surface area (Å²) in [6, 6.07) is 11.2. The molecule has 0 radical (unpaired) electrons. The van der Waals surface area contributed by atoms with Crippen molar-refractivity contribution in [3.8, 4) is 17.3 Å². The molecule has 0 bridgehead atoms. The van der Waals surface area contributed by atoms with E-state index in [1.54, 1.807) is 36.3 Å². The molecule has 0 aliphatic heterocycles. The lowest BCUT2D eigenvalue weighted by Crippen LogP contribution is -2.26. The highest BCUT2D eigenvalue weighted by molar-refractivity contribution is 6.30. The number of halogens is 1. The van der Waals surface area contributed by atoms with Crippen LogP contribution in [0.25, 0.3) is 17.3 Å². The Morgan fingerprint density at radius 3 is 2.69 bits per heavy atom. The molecule has 0 spiro atoms. The van der Waals surface area contributed by atoms with Crippen LogP contribution in [0, 0.1) is 6.92 Å². The Bertz CT molecular complexity index is 1120. The van der Waals surface area contributed by atoms with Gasteiger partial charge in [0.15, 0.2) is 5.82 Å². The zero-order chi connectivity index (χ0) is 20.2. The van der Waals surface area contributed by atoms with Gasteiger partial charge in [0.2, 0.25) is 0 Å². The first-order valence-electron chi connectivity index (χ1n) is 8.92. The van der Waals surface area contributed by atoms with Crippen molar-refractivity contribution >= 4 is 17.5 Å². The fourth-order valence-corrected chi connectivity index (χ4v) is 2.83. The van der Waals surface area contributed by atoms with Gasteiger partial charge in [0.1, 0.15) is 17.8 Å². The van der Waals surface area contributed by atoms with Crippen molar-refractivity contribution in [3.05, 3.63) is 77.2 Å². The molecule has 0 aliphatic rings. The first-order valence-corrected chi connectivity index (χ1v) is 9.30. The zero-order valence-electron chi connectivity index (χ0n) is 15.5. The van der Waals surface area contributed by atoms with Gasteiger partial charge in [-0.25, -0.2) is 9.97 Å². The first-order chi connectivity index (χ1) is 14.1. The van der Waals surface area contributed by atoms with E-state index in [4.69, 9.17) is 16.1 Å². The van der Waals surface area contributed by atoms with E-state index in [2.05, 4.69) is 25.4 Å². The monoisotopic (exact) mass is 408 g/mol. The number of nitrogens with zero attached hydrogens (tertiary/aromatic N) is 5. The van der Waals surface area contributed by atoms with Gasteiger partial charge in [0, 0.05) is 24.0 Å². The maximum Gasteiger partial charge on any atom is 0.271 e. The van der Waals surface area contributed by atoms with Crippen LogP contribution < -0.4 is 5.32 Å². The van der Waals surface area contributed by atoms with E-state index in [0.717, 1.165) is 11.1 Å². The summed E-state index contributed by atoms with van der Waals surface area (Å²) in [5.41, 5.74) is 2.13. The fourth-order valence-electron chi connectivity index (χ4n) is 2.71. The van der Waals surface area contributed by atoms with Crippen molar-refractivity contribution in [1.82, 2.24) is 30.0 Å². The van der Waals surface area contributed by atoms with Gasteiger partial charge in [-0.2, -0.15) is 4.98 Å². The molecule has 4 aromatic rings. The number of nitrogens with one attached hydrogen (secondary N) is 1. The van der Waals surface area contributed by atoms with Crippen LogP contribution in [0.1, 0.15) is 21.9 Å². The molecule has 3 heterocycles. The number of carbonyl (C=O) groups is 1. The number of aromatic nitrogens is 5. The molecule has 9 heteroatoms. The van der Waals surface area contributed by atoms with Crippen molar-refractivity contribution in [2.75, 3.05) is 6.54 Å². The lowest BCUT2D eigenvalue weighted by atomic mass is 10.1. The molecule has 1 N–H and O–H groups in total. The van der Waals surface area contributed by atoms with Crippen LogP contribution in [0.4, 0.5) is 0 Å². The standard InChI is InChI=1S/C20H17ClN6O2/c1-13-25-20(29-26-13)15-4-7-18(23-10-15)27-11-17(24-12-27)19(28)22-9-8-14-2-5-16(21)6-3-14/h2-7,10-12H,8-9H2,1H3,(H,22,28). The molecule has 146 valence electrons. The Kier molecular flexibility index (Phi) is 5.35. The van der Waals surface area contributed by atoms with Gasteiger partial charge >= 0.3 is 0 Å². The minimum atomic E-state index is -0.240. The average Bonchev–Trinajstić information content (AvgIpc) is 3.39. The molecule has 0 saturated carbocycles. The van der Waals surface area contributed by atoms with Crippen LogP contribution in [0.3, 0.4) is 0 Å². The summed E-state index contributed by atoms with van der Waals surface area (Å²) in [5.74, 6) is 1.35. The number of carbonyl (C=O) groups excluding carboxylic acids is 1. The average molecular weight is 409 g/mol. The summed E-state index contributed by atoms with van der Waals surface area (Å²) in [6.07, 6.45) is 5.53. The summed E-state index contributed by atoms with van der Waals surface area (Å²) < 4.78 is 6.80. The highest BCUT2D eigenvalue weighted by Gasteiger charge is 2.11. The summed E-state index contributed by atoms with van der Waals surface area (Å²) in [5, 5.41) is 7.32. The van der Waals surface area contributed by atoms with Crippen molar-refractivity contribution in [1.29, 1.82) is 0 Å². The Morgan fingerprint density at radius 2 is 2.00 bits per heavy atom. The van der Waals surface area contributed by atoms with Crippen molar-refractivity contribution < 1.29 is 9.32 Å². The van der Waals surface area contributed by atoms with Crippen LogP contribution in [0.5, 0.6) is 0 Å². The van der Waals surface area contributed by atoms with Gasteiger partial charge in [-0.1, -0.05) is 28.9 Å². The number of aryl methyl sites for hydroxylation is 1. The van der Waals surface area contributed by atoms with Crippen LogP contribution in [0.2, 0.25) is 5.02 Å². The van der Waals surface area contributed by atoms with Crippen LogP contribution in [-0.2, 0) is 6.42 Å². The van der Waals surface area contributed by atoms with Crippen LogP contribution in [-0.4, -0.2) is 37.1 Å². The van der Waals surface area contributed by atoms with Gasteiger partial charge < -0.3 is 9.84 Å². The number of rotatable bonds is 6. The molecule has 0 atom stereocenters. The van der Waals surface area contributed by atoms with E-state index >= 15 is 0 Å². The third-order valence-electron chi connectivity index (χ3n) is 4.21. The van der Waals surface area contributed by atoms with E-state index in [1.807, 2.05) is 30.3 Å². The molecule has 3 aromatic heterocycles. The van der Waals surface area contributed by atoms with Crippen molar-refractivity contribution in [3.63, 3.8) is 0 Å². The minimum absolute atomic E-state index is 0.240. The lowest BCUT2D eigenvalue weighted by molar-refractivity contribution is 0.0949. The number of pyridine rings is 1. The van der Waals surface area contributed by atoms with E-state index in [0.29, 0.717) is 41.2 Å². The van der Waals surface area contributed by atoms with E-state index in [1.165, 1.54) is 0 Å². The Morgan fingerprint density at radius 1 is 1.17 bits per heavy atom. The van der Waals surface area contributed by atoms with Gasteiger partial charge in [-0.05, 0) is 43.2 Å². The van der Waals surface area contributed by atoms with Crippen LogP contribution >= 0.6 is 11.6 Å². The Labute approximate surface area is 171 Å². The molecule has 1 aromatic carbocycles. The molecular formula is C20H17ClN6O2. The fraction of sp³-hybridized carbons (Fsp3) is 0.150. The number of amides is 1. The third-order valence-corrected chi connectivity index (χ3v) is 4.47. The van der Waals surface area contributed by atoms with Crippen LogP contribution in [0.15, 0.2) is 59.6 Å². The molecular weight excluding hydrogens is 392 g/mol. The smallest absolute Gasteiger partial charge is 0.271 e. The minimum Gasteiger partial charge on any atom is -0.350 e. The topological polar surface area (TPSA) is 98.7 Å². The van der Waals surface area contributed by atoms with Crippen molar-refractivity contribution in [2.24, 2.45) is 0 Å². The second-order valence-electron chi connectivity index (χ2n) is 6.35. The maximum absolute atomic E-state index is 12.3. The largest absolute Gasteiger partial charge is 0.350 e. The summed E-state index contributed by atoms with van der Waals surface area (Å²) >= 11 is 5.87. The summed E-state index contributed by atoms with van der Waals surface area (Å²) in [7, 11) is 0. The molecule has 1 amide bonds. The normalized spacial score (nSPS) is 10.8. The molecule has 0 fully saturated rings. The maximum atomic E-state index is 12.3. The number of hydrogen-bond donors (Lipinski definition) is 1. The second-order valence-corrected chi connectivity index (χ2v) is 6.79. The van der Waals surface area contributed by atoms with Gasteiger partial charge in [0.25, 0.3) is 11.8 Å². The highest BCUT2D eigenvalue weighted by Crippen LogP contribution is 2.17. The molecule has 4 rings (SSSR count). The molecule has 8 nitrogen and oxygen atoms in total. The summed E-state index contributed by atoms with van der Waals surface area (Å²) in [6.45, 7) is 2.26. The quantitative estimate of drug-likeness (QED) is 0.525. The number of imidazole rings is 1. The number of benzene rings is 1. The second kappa shape index (κ2) is 8.24. The molecule has 0 unspecified atom stereocenters. The molecule has 29 heavy (non-hydrogen) atoms. The Balaban J connectivity index is 1.37. The zero-order valence-corrected chi connectivity index (χ0v) is 16.3. The van der Waals surface area contributed by atoms with E-state index < -0.39 is 0 Å². The van der Waals surface area contributed by atoms with Crippen molar-refractivity contribution in [2.45, 2.75) is 13.3 Å². The number of hydrogen-bond acceptors (Lipinski definition) is 6. The SMILES string of the molecule is Cc1noc(-c2ccc(-n3cnc(C(=O)NCCc4ccc(Cl)cc4)c3)nc2)n1. The van der Waals surface area contributed by atoms with E-state index in [-0.39, 0.29) is 5.91 Å². The highest BCUT2D eigenvalue weighted by atomic mass is 35.5. The van der Waals surface area contributed by atoms with Gasteiger partial charge in [0.05, 0.1) is 5.56 Å². The predicted octanol–water partition coefficient (Wildman–Crippen LogP) is 3.25. The lowest BCUT2D eigenvalue weighted by Gasteiger charge is -2.04. The third kappa shape index (κ3) is 4.49. The summed E-state index contributed by atoms with van der Waals surface area (Å²) in [4.78, 5) is 25.0. The predicted molar refractivity (Wildman–Crippen MR) is 107 cm³/mol. The van der Waals surface area contributed by atoms with Gasteiger partial charge in [-0.3, -0.25) is 9.36 Å². The van der Waals surface area contributed by atoms with Gasteiger partial charge in [-0.15, -0.1) is 0 Å².